The summed E-state index contributed by atoms with van der Waals surface area (Å²) in [6, 6.07) is 0. The van der Waals surface area contributed by atoms with E-state index in [2.05, 4.69) is 15.6 Å². The van der Waals surface area contributed by atoms with Crippen molar-refractivity contribution in [1.29, 1.82) is 0 Å². The second-order valence-electron chi connectivity index (χ2n) is 2.25. The van der Waals surface area contributed by atoms with E-state index >= 15 is 0 Å². The lowest BCUT2D eigenvalue weighted by molar-refractivity contribution is 0.568. The van der Waals surface area contributed by atoms with E-state index in [9.17, 15) is 4.39 Å². The molecular formula is C8H15FN4. The van der Waals surface area contributed by atoms with E-state index in [1.807, 2.05) is 0 Å². The number of aliphatic imine (C=N–C) groups is 1. The third kappa shape index (κ3) is 3.59. The van der Waals surface area contributed by atoms with Crippen molar-refractivity contribution in [1.82, 2.24) is 10.6 Å². The summed E-state index contributed by atoms with van der Waals surface area (Å²) in [5, 5.41) is 5.07. The van der Waals surface area contributed by atoms with Crippen LogP contribution in [-0.4, -0.2) is 27.4 Å². The molecule has 0 unspecified atom stereocenters. The summed E-state index contributed by atoms with van der Waals surface area (Å²) in [5.74, 6) is -0.505. The van der Waals surface area contributed by atoms with Crippen LogP contribution in [0.15, 0.2) is 28.4 Å². The molecule has 0 spiro atoms. The van der Waals surface area contributed by atoms with Gasteiger partial charge in [0.05, 0.1) is 11.3 Å². The lowest BCUT2D eigenvalue weighted by atomic mass is 10.2. The Balaban J connectivity index is 4.92. The Morgan fingerprint density at radius 1 is 1.46 bits per heavy atom. The lowest BCUT2D eigenvalue weighted by Gasteiger charge is -2.04. The van der Waals surface area contributed by atoms with Crippen LogP contribution in [0.25, 0.3) is 0 Å². The first-order chi connectivity index (χ1) is 6.17. The van der Waals surface area contributed by atoms with Crippen LogP contribution >= 0.6 is 0 Å². The first-order valence-electron chi connectivity index (χ1n) is 3.80. The van der Waals surface area contributed by atoms with Gasteiger partial charge in [0.25, 0.3) is 0 Å². The fourth-order valence-corrected chi connectivity index (χ4v) is 0.755. The van der Waals surface area contributed by atoms with Gasteiger partial charge >= 0.3 is 0 Å². The van der Waals surface area contributed by atoms with Gasteiger partial charge in [-0.3, -0.25) is 4.99 Å². The molecule has 74 valence electrons. The van der Waals surface area contributed by atoms with E-state index in [0.717, 1.165) is 0 Å². The van der Waals surface area contributed by atoms with E-state index in [4.69, 9.17) is 5.73 Å². The second-order valence-corrected chi connectivity index (χ2v) is 2.25. The van der Waals surface area contributed by atoms with Crippen molar-refractivity contribution in [2.24, 2.45) is 10.7 Å². The Kier molecular flexibility index (Phi) is 5.34. The van der Waals surface area contributed by atoms with Gasteiger partial charge in [0, 0.05) is 33.6 Å². The summed E-state index contributed by atoms with van der Waals surface area (Å²) in [4.78, 5) is 3.70. The summed E-state index contributed by atoms with van der Waals surface area (Å²) in [6.07, 6.45) is 2.85. The second kappa shape index (κ2) is 6.05. The topological polar surface area (TPSA) is 62.4 Å². The smallest absolute Gasteiger partial charge is 0.197 e. The quantitative estimate of drug-likeness (QED) is 0.332. The maximum atomic E-state index is 13.1. The van der Waals surface area contributed by atoms with Crippen molar-refractivity contribution < 1.29 is 4.39 Å². The number of halogens is 1. The van der Waals surface area contributed by atoms with Crippen LogP contribution in [0.5, 0.6) is 0 Å². The molecule has 0 bridgehead atoms. The monoisotopic (exact) mass is 186 g/mol. The standard InChI is InChI=1S/C8H15FN4/c1-11-4-6(8(9)13-3)7(10)5-12-2/h4-5,12-13H,10H2,1-3H3/b7-5-,8-6+,11-4-. The molecule has 0 saturated heterocycles. The molecule has 0 radical (unpaired) electrons. The maximum Gasteiger partial charge on any atom is 0.197 e. The summed E-state index contributed by atoms with van der Waals surface area (Å²) in [5.41, 5.74) is 6.09. The van der Waals surface area contributed by atoms with Gasteiger partial charge in [0.15, 0.2) is 5.95 Å². The average molecular weight is 186 g/mol. The van der Waals surface area contributed by atoms with E-state index in [1.165, 1.54) is 19.5 Å². The number of nitrogens with two attached hydrogens (primary N) is 1. The molecule has 0 amide bonds. The predicted molar refractivity (Wildman–Crippen MR) is 52.9 cm³/mol. The minimum atomic E-state index is -0.505. The molecule has 0 aromatic rings. The van der Waals surface area contributed by atoms with Crippen LogP contribution in [0.1, 0.15) is 0 Å². The zero-order valence-corrected chi connectivity index (χ0v) is 8.06. The summed E-state index contributed by atoms with van der Waals surface area (Å²) in [6.45, 7) is 0. The third-order valence-corrected chi connectivity index (χ3v) is 1.33. The molecule has 0 aromatic carbocycles. The largest absolute Gasteiger partial charge is 0.397 e. The Morgan fingerprint density at radius 3 is 2.46 bits per heavy atom. The summed E-state index contributed by atoms with van der Waals surface area (Å²) < 4.78 is 13.1. The Labute approximate surface area is 77.4 Å². The van der Waals surface area contributed by atoms with Crippen molar-refractivity contribution in [2.75, 3.05) is 21.1 Å². The molecule has 0 fully saturated rings. The predicted octanol–water partition coefficient (Wildman–Crippen LogP) is 0.107. The minimum absolute atomic E-state index is 0.236. The van der Waals surface area contributed by atoms with Crippen molar-refractivity contribution in [3.8, 4) is 0 Å². The van der Waals surface area contributed by atoms with Crippen LogP contribution in [0.3, 0.4) is 0 Å². The Morgan fingerprint density at radius 2 is 2.08 bits per heavy atom. The summed E-state index contributed by atoms with van der Waals surface area (Å²) in [7, 11) is 4.71. The Hall–Kier alpha value is -1.52. The molecule has 0 aliphatic heterocycles. The van der Waals surface area contributed by atoms with Crippen molar-refractivity contribution in [3.63, 3.8) is 0 Å². The van der Waals surface area contributed by atoms with Gasteiger partial charge in [0.2, 0.25) is 0 Å². The first-order valence-corrected chi connectivity index (χ1v) is 3.80. The van der Waals surface area contributed by atoms with Crippen molar-refractivity contribution in [3.05, 3.63) is 23.4 Å². The van der Waals surface area contributed by atoms with Gasteiger partial charge in [0.1, 0.15) is 0 Å². The van der Waals surface area contributed by atoms with E-state index in [0.29, 0.717) is 5.70 Å². The Bertz CT molecular complexity index is 243. The fraction of sp³-hybridized carbons (Fsp3) is 0.375. The number of allylic oxidation sites excluding steroid dienone is 1. The van der Waals surface area contributed by atoms with Gasteiger partial charge in [-0.2, -0.15) is 4.39 Å². The molecule has 4 nitrogen and oxygen atoms in total. The molecule has 0 atom stereocenters. The van der Waals surface area contributed by atoms with Gasteiger partial charge in [-0.15, -0.1) is 0 Å². The van der Waals surface area contributed by atoms with Crippen LogP contribution in [0, 0.1) is 0 Å². The lowest BCUT2D eigenvalue weighted by Crippen LogP contribution is -2.13. The van der Waals surface area contributed by atoms with Crippen LogP contribution in [0.4, 0.5) is 4.39 Å². The number of nitrogens with one attached hydrogen (secondary N) is 2. The first kappa shape index (κ1) is 11.5. The number of rotatable bonds is 4. The molecule has 0 aromatic heterocycles. The maximum absolute atomic E-state index is 13.1. The zero-order chi connectivity index (χ0) is 10.3. The fourth-order valence-electron chi connectivity index (χ4n) is 0.755. The van der Waals surface area contributed by atoms with E-state index in [-0.39, 0.29) is 5.57 Å². The average Bonchev–Trinajstić information content (AvgIpc) is 2.13. The molecule has 4 N–H and O–H groups in total. The molecule has 0 heterocycles. The highest BCUT2D eigenvalue weighted by atomic mass is 19.1. The molecule has 0 aliphatic rings. The van der Waals surface area contributed by atoms with Gasteiger partial charge in [-0.1, -0.05) is 0 Å². The minimum Gasteiger partial charge on any atom is -0.397 e. The molecule has 13 heavy (non-hydrogen) atoms. The van der Waals surface area contributed by atoms with Gasteiger partial charge in [-0.05, 0) is 0 Å². The van der Waals surface area contributed by atoms with Crippen LogP contribution < -0.4 is 16.4 Å². The third-order valence-electron chi connectivity index (χ3n) is 1.33. The SMILES string of the molecule is C\N=C/C(C(/N)=C/NC)=C(/F)NC. The molecule has 0 rings (SSSR count). The number of nitrogens with zero attached hydrogens (tertiary/aromatic N) is 1. The highest BCUT2D eigenvalue weighted by Gasteiger charge is 2.04. The molecule has 5 heteroatoms. The molecular weight excluding hydrogens is 171 g/mol. The number of hydrogen-bond donors (Lipinski definition) is 3. The number of hydrogen-bond acceptors (Lipinski definition) is 4. The summed E-state index contributed by atoms with van der Waals surface area (Å²) >= 11 is 0. The normalized spacial score (nSPS) is 14.3. The van der Waals surface area contributed by atoms with Crippen LogP contribution in [-0.2, 0) is 0 Å². The van der Waals surface area contributed by atoms with Crippen molar-refractivity contribution >= 4 is 6.21 Å². The van der Waals surface area contributed by atoms with E-state index in [1.54, 1.807) is 14.1 Å². The van der Waals surface area contributed by atoms with Crippen molar-refractivity contribution in [2.45, 2.75) is 0 Å². The van der Waals surface area contributed by atoms with Gasteiger partial charge in [-0.25, -0.2) is 0 Å². The van der Waals surface area contributed by atoms with Crippen LogP contribution in [0.2, 0.25) is 0 Å². The molecule has 0 aliphatic carbocycles. The molecule has 0 saturated carbocycles. The highest BCUT2D eigenvalue weighted by Crippen LogP contribution is 2.06. The highest BCUT2D eigenvalue weighted by molar-refractivity contribution is 5.84. The van der Waals surface area contributed by atoms with E-state index < -0.39 is 5.95 Å². The van der Waals surface area contributed by atoms with Gasteiger partial charge < -0.3 is 16.4 Å². The zero-order valence-electron chi connectivity index (χ0n) is 8.06.